The zero-order chi connectivity index (χ0) is 16.9. The van der Waals surface area contributed by atoms with Gasteiger partial charge in [-0.2, -0.15) is 5.26 Å². The van der Waals surface area contributed by atoms with E-state index >= 15 is 0 Å². The van der Waals surface area contributed by atoms with E-state index in [1.165, 1.54) is 11.3 Å². The molecule has 118 valence electrons. The Morgan fingerprint density at radius 3 is 2.71 bits per heavy atom. The summed E-state index contributed by atoms with van der Waals surface area (Å²) in [6, 6.07) is 17.8. The molecule has 2 aromatic carbocycles. The molecular formula is C19H13BrN2OS. The van der Waals surface area contributed by atoms with Crippen molar-refractivity contribution in [2.45, 2.75) is 0 Å². The lowest BCUT2D eigenvalue weighted by atomic mass is 10.1. The van der Waals surface area contributed by atoms with Crippen molar-refractivity contribution < 1.29 is 4.74 Å². The van der Waals surface area contributed by atoms with Gasteiger partial charge in [0.1, 0.15) is 16.8 Å². The summed E-state index contributed by atoms with van der Waals surface area (Å²) in [6.07, 6.45) is 1.84. The normalized spacial score (nSPS) is 11.1. The standard InChI is InChI=1S/C19H13BrN2OS/c1-23-17-7-5-13(6-8-17)9-15(11-21)19-22-18(12-24-19)14-3-2-4-16(20)10-14/h2-10,12H,1H3/b15-9-. The molecule has 1 heterocycles. The maximum absolute atomic E-state index is 9.48. The predicted octanol–water partition coefficient (Wildman–Crippen LogP) is 5.65. The number of hydrogen-bond donors (Lipinski definition) is 0. The molecule has 0 amide bonds. The largest absolute Gasteiger partial charge is 0.497 e. The summed E-state index contributed by atoms with van der Waals surface area (Å²) >= 11 is 4.93. The quantitative estimate of drug-likeness (QED) is 0.535. The first-order valence-corrected chi connectivity index (χ1v) is 8.84. The molecule has 1 aromatic heterocycles. The fourth-order valence-corrected chi connectivity index (χ4v) is 3.38. The highest BCUT2D eigenvalue weighted by atomic mass is 79.9. The number of methoxy groups -OCH3 is 1. The number of hydrogen-bond acceptors (Lipinski definition) is 4. The topological polar surface area (TPSA) is 45.9 Å². The Morgan fingerprint density at radius 1 is 1.25 bits per heavy atom. The number of nitrogens with zero attached hydrogens (tertiary/aromatic N) is 2. The van der Waals surface area contributed by atoms with E-state index in [9.17, 15) is 5.26 Å². The van der Waals surface area contributed by atoms with Crippen molar-refractivity contribution in [2.24, 2.45) is 0 Å². The van der Waals surface area contributed by atoms with E-state index in [0.29, 0.717) is 10.6 Å². The molecule has 0 aliphatic heterocycles. The van der Waals surface area contributed by atoms with Crippen LogP contribution in [0.3, 0.4) is 0 Å². The summed E-state index contributed by atoms with van der Waals surface area (Å²) in [5, 5.41) is 12.2. The van der Waals surface area contributed by atoms with Gasteiger partial charge in [0.05, 0.1) is 18.4 Å². The van der Waals surface area contributed by atoms with Gasteiger partial charge >= 0.3 is 0 Å². The zero-order valence-electron chi connectivity index (χ0n) is 12.9. The van der Waals surface area contributed by atoms with Crippen molar-refractivity contribution in [2.75, 3.05) is 7.11 Å². The van der Waals surface area contributed by atoms with Gasteiger partial charge in [0, 0.05) is 15.4 Å². The lowest BCUT2D eigenvalue weighted by Gasteiger charge is -2.00. The minimum Gasteiger partial charge on any atom is -0.497 e. The molecule has 0 aliphatic rings. The number of aromatic nitrogens is 1. The van der Waals surface area contributed by atoms with Crippen LogP contribution < -0.4 is 4.74 Å². The van der Waals surface area contributed by atoms with Gasteiger partial charge in [0.15, 0.2) is 0 Å². The van der Waals surface area contributed by atoms with Gasteiger partial charge < -0.3 is 4.74 Å². The number of nitriles is 1. The smallest absolute Gasteiger partial charge is 0.134 e. The van der Waals surface area contributed by atoms with E-state index in [0.717, 1.165) is 27.0 Å². The first kappa shape index (κ1) is 16.4. The van der Waals surface area contributed by atoms with Gasteiger partial charge in [-0.25, -0.2) is 4.98 Å². The molecule has 0 radical (unpaired) electrons. The van der Waals surface area contributed by atoms with E-state index < -0.39 is 0 Å². The van der Waals surface area contributed by atoms with Gasteiger partial charge in [0.2, 0.25) is 0 Å². The van der Waals surface area contributed by atoms with Crippen molar-refractivity contribution in [3.8, 4) is 23.1 Å². The molecule has 0 bridgehead atoms. The van der Waals surface area contributed by atoms with Gasteiger partial charge in [-0.1, -0.05) is 40.2 Å². The van der Waals surface area contributed by atoms with Crippen LogP contribution in [0.4, 0.5) is 0 Å². The van der Waals surface area contributed by atoms with E-state index in [1.54, 1.807) is 7.11 Å². The van der Waals surface area contributed by atoms with Crippen LogP contribution in [0.2, 0.25) is 0 Å². The lowest BCUT2D eigenvalue weighted by molar-refractivity contribution is 0.415. The van der Waals surface area contributed by atoms with Gasteiger partial charge in [-0.05, 0) is 35.9 Å². The first-order chi connectivity index (χ1) is 11.7. The predicted molar refractivity (Wildman–Crippen MR) is 102 cm³/mol. The summed E-state index contributed by atoms with van der Waals surface area (Å²) in [4.78, 5) is 4.60. The van der Waals surface area contributed by atoms with Gasteiger partial charge in [-0.15, -0.1) is 11.3 Å². The van der Waals surface area contributed by atoms with Crippen LogP contribution in [0, 0.1) is 11.3 Å². The third-order valence-electron chi connectivity index (χ3n) is 3.40. The average Bonchev–Trinajstić information content (AvgIpc) is 3.10. The Labute approximate surface area is 153 Å². The SMILES string of the molecule is COc1ccc(/C=C(/C#N)c2nc(-c3cccc(Br)c3)cs2)cc1. The van der Waals surface area contributed by atoms with Crippen molar-refractivity contribution in [1.29, 1.82) is 5.26 Å². The molecule has 0 saturated heterocycles. The third kappa shape index (κ3) is 3.73. The molecule has 0 saturated carbocycles. The van der Waals surface area contributed by atoms with Crippen molar-refractivity contribution in [3.63, 3.8) is 0 Å². The van der Waals surface area contributed by atoms with Crippen LogP contribution in [0.25, 0.3) is 22.9 Å². The second kappa shape index (κ2) is 7.43. The van der Waals surface area contributed by atoms with E-state index in [4.69, 9.17) is 4.74 Å². The minimum atomic E-state index is 0.548. The Morgan fingerprint density at radius 2 is 2.04 bits per heavy atom. The molecule has 0 aliphatic carbocycles. The van der Waals surface area contributed by atoms with Crippen LogP contribution >= 0.6 is 27.3 Å². The number of allylic oxidation sites excluding steroid dienone is 1. The monoisotopic (exact) mass is 396 g/mol. The Hall–Kier alpha value is -2.42. The Kier molecular flexibility index (Phi) is 5.09. The number of benzene rings is 2. The lowest BCUT2D eigenvalue weighted by Crippen LogP contribution is -1.84. The molecule has 0 unspecified atom stereocenters. The average molecular weight is 397 g/mol. The molecule has 3 nitrogen and oxygen atoms in total. The summed E-state index contributed by atoms with van der Waals surface area (Å²) in [5.74, 6) is 0.789. The highest BCUT2D eigenvalue weighted by molar-refractivity contribution is 9.10. The molecule has 3 rings (SSSR count). The van der Waals surface area contributed by atoms with E-state index in [1.807, 2.05) is 60.0 Å². The molecule has 0 atom stereocenters. The van der Waals surface area contributed by atoms with E-state index in [-0.39, 0.29) is 0 Å². The van der Waals surface area contributed by atoms with Gasteiger partial charge in [-0.3, -0.25) is 0 Å². The Bertz CT molecular complexity index is 923. The highest BCUT2D eigenvalue weighted by Crippen LogP contribution is 2.28. The van der Waals surface area contributed by atoms with Crippen LogP contribution in [-0.4, -0.2) is 12.1 Å². The molecule has 0 fully saturated rings. The third-order valence-corrected chi connectivity index (χ3v) is 4.77. The summed E-state index contributed by atoms with van der Waals surface area (Å²) in [5.41, 5.74) is 3.37. The summed E-state index contributed by atoms with van der Waals surface area (Å²) < 4.78 is 6.15. The molecule has 5 heteroatoms. The van der Waals surface area contributed by atoms with Crippen molar-refractivity contribution in [1.82, 2.24) is 4.98 Å². The fraction of sp³-hybridized carbons (Fsp3) is 0.0526. The van der Waals surface area contributed by atoms with Crippen LogP contribution in [0.5, 0.6) is 5.75 Å². The second-order valence-corrected chi connectivity index (χ2v) is 6.77. The molecule has 24 heavy (non-hydrogen) atoms. The van der Waals surface area contributed by atoms with Crippen LogP contribution in [-0.2, 0) is 0 Å². The highest BCUT2D eigenvalue weighted by Gasteiger charge is 2.09. The fourth-order valence-electron chi connectivity index (χ4n) is 2.19. The molecule has 0 spiro atoms. The second-order valence-electron chi connectivity index (χ2n) is 4.99. The van der Waals surface area contributed by atoms with Crippen LogP contribution in [0.1, 0.15) is 10.6 Å². The summed E-state index contributed by atoms with van der Waals surface area (Å²) in [7, 11) is 1.63. The first-order valence-electron chi connectivity index (χ1n) is 7.17. The maximum Gasteiger partial charge on any atom is 0.134 e. The molecule has 0 N–H and O–H groups in total. The molecule has 3 aromatic rings. The number of halogens is 1. The Balaban J connectivity index is 1.91. The maximum atomic E-state index is 9.48. The van der Waals surface area contributed by atoms with Crippen LogP contribution in [0.15, 0.2) is 58.4 Å². The van der Waals surface area contributed by atoms with Crippen molar-refractivity contribution >= 4 is 38.9 Å². The number of thiazole rings is 1. The minimum absolute atomic E-state index is 0.548. The molecular weight excluding hydrogens is 384 g/mol. The summed E-state index contributed by atoms with van der Waals surface area (Å²) in [6.45, 7) is 0. The number of rotatable bonds is 4. The van der Waals surface area contributed by atoms with Crippen molar-refractivity contribution in [3.05, 3.63) is 69.0 Å². The van der Waals surface area contributed by atoms with Gasteiger partial charge in [0.25, 0.3) is 0 Å². The zero-order valence-corrected chi connectivity index (χ0v) is 15.3. The number of ether oxygens (including phenoxy) is 1. The van der Waals surface area contributed by atoms with E-state index in [2.05, 4.69) is 27.0 Å².